The largest absolute Gasteiger partial charge is 0.389 e. The van der Waals surface area contributed by atoms with E-state index < -0.39 is 0 Å². The van der Waals surface area contributed by atoms with Crippen LogP contribution < -0.4 is 5.73 Å². The summed E-state index contributed by atoms with van der Waals surface area (Å²) in [6.07, 6.45) is 2.00. The molecule has 0 aliphatic rings. The molecule has 0 unspecified atom stereocenters. The summed E-state index contributed by atoms with van der Waals surface area (Å²) in [4.78, 5) is 7.67. The number of nitrogens with one attached hydrogen (secondary N) is 1. The fourth-order valence-corrected chi connectivity index (χ4v) is 2.75. The molecule has 86 valence electrons. The summed E-state index contributed by atoms with van der Waals surface area (Å²) in [5.41, 5.74) is 13.4. The number of nitrogen functional groups attached to an aromatic ring is 1. The van der Waals surface area contributed by atoms with E-state index in [0.29, 0.717) is 0 Å². The number of H-pyrrole nitrogens is 1. The predicted molar refractivity (Wildman–Crippen MR) is 73.3 cm³/mol. The smallest absolute Gasteiger partial charge is 0.114 e. The van der Waals surface area contributed by atoms with Gasteiger partial charge in [-0.15, -0.1) is 11.3 Å². The van der Waals surface area contributed by atoms with Crippen molar-refractivity contribution in [2.75, 3.05) is 5.73 Å². The summed E-state index contributed by atoms with van der Waals surface area (Å²) in [5, 5.41) is 1.99. The van der Waals surface area contributed by atoms with Gasteiger partial charge in [0.25, 0.3) is 0 Å². The Labute approximate surface area is 103 Å². The minimum atomic E-state index is 0.770. The van der Waals surface area contributed by atoms with Gasteiger partial charge in [-0.2, -0.15) is 0 Å². The van der Waals surface area contributed by atoms with Crippen molar-refractivity contribution < 1.29 is 0 Å². The van der Waals surface area contributed by atoms with E-state index in [4.69, 9.17) is 5.73 Å². The van der Waals surface area contributed by atoms with Gasteiger partial charge in [0.1, 0.15) is 10.7 Å². The van der Waals surface area contributed by atoms with Crippen LogP contribution in [0.2, 0.25) is 0 Å². The lowest BCUT2D eigenvalue weighted by Gasteiger charge is -2.02. The molecule has 0 spiro atoms. The van der Waals surface area contributed by atoms with Crippen LogP contribution in [0.1, 0.15) is 11.1 Å². The molecular formula is C13H13N3S. The molecule has 0 aliphatic heterocycles. The maximum absolute atomic E-state index is 5.95. The lowest BCUT2D eigenvalue weighted by molar-refractivity contribution is 1.39. The summed E-state index contributed by atoms with van der Waals surface area (Å²) in [5.74, 6) is 0. The Morgan fingerprint density at radius 3 is 2.71 bits per heavy atom. The highest BCUT2D eigenvalue weighted by atomic mass is 32.1. The number of nitrogens with zero attached hydrogens (tertiary/aromatic N) is 1. The number of nitrogens with two attached hydrogens (primary N) is 1. The summed E-state index contributed by atoms with van der Waals surface area (Å²) in [7, 11) is 0. The van der Waals surface area contributed by atoms with E-state index in [1.807, 2.05) is 6.20 Å². The first kappa shape index (κ1) is 10.4. The van der Waals surface area contributed by atoms with Gasteiger partial charge in [-0.25, -0.2) is 4.98 Å². The summed E-state index contributed by atoms with van der Waals surface area (Å²) in [6, 6.07) is 4.26. The molecule has 0 radical (unpaired) electrons. The highest BCUT2D eigenvalue weighted by Crippen LogP contribution is 2.35. The Kier molecular flexibility index (Phi) is 2.19. The third-order valence-electron chi connectivity index (χ3n) is 3.10. The van der Waals surface area contributed by atoms with E-state index in [1.165, 1.54) is 33.4 Å². The fraction of sp³-hybridized carbons (Fsp3) is 0.154. The highest BCUT2D eigenvalue weighted by Gasteiger charge is 2.14. The monoisotopic (exact) mass is 243 g/mol. The second-order valence-electron chi connectivity index (χ2n) is 4.22. The minimum absolute atomic E-state index is 0.770. The van der Waals surface area contributed by atoms with Crippen molar-refractivity contribution in [2.45, 2.75) is 13.8 Å². The van der Waals surface area contributed by atoms with Gasteiger partial charge in [0.2, 0.25) is 0 Å². The Balaban J connectivity index is 2.39. The second-order valence-corrected chi connectivity index (χ2v) is 5.10. The van der Waals surface area contributed by atoms with Crippen molar-refractivity contribution in [2.24, 2.45) is 0 Å². The van der Waals surface area contributed by atoms with Crippen molar-refractivity contribution in [3.8, 4) is 11.3 Å². The Morgan fingerprint density at radius 1 is 1.24 bits per heavy atom. The molecule has 3 rings (SSSR count). The van der Waals surface area contributed by atoms with Crippen molar-refractivity contribution in [1.82, 2.24) is 9.97 Å². The standard InChI is InChI=1S/C13H13N3S/c1-7-3-4-8(2)11-10(7)9(5-15-11)12-13(14)17-6-16-12/h3-6,15H,14H2,1-2H3. The number of hydrogen-bond donors (Lipinski definition) is 2. The molecule has 0 fully saturated rings. The maximum atomic E-state index is 5.95. The number of benzene rings is 1. The molecule has 2 heterocycles. The third kappa shape index (κ3) is 1.45. The van der Waals surface area contributed by atoms with E-state index in [0.717, 1.165) is 16.3 Å². The van der Waals surface area contributed by atoms with Crippen LogP contribution in [0.3, 0.4) is 0 Å². The molecule has 0 saturated heterocycles. The first-order valence-corrected chi connectivity index (χ1v) is 6.33. The van der Waals surface area contributed by atoms with Crippen LogP contribution in [0, 0.1) is 13.8 Å². The van der Waals surface area contributed by atoms with Gasteiger partial charge in [0.15, 0.2) is 0 Å². The lowest BCUT2D eigenvalue weighted by atomic mass is 10.0. The number of rotatable bonds is 1. The normalized spacial score (nSPS) is 11.2. The molecule has 0 amide bonds. The van der Waals surface area contributed by atoms with Crippen LogP contribution in [-0.4, -0.2) is 9.97 Å². The molecule has 0 atom stereocenters. The molecule has 3 aromatic rings. The highest BCUT2D eigenvalue weighted by molar-refractivity contribution is 7.14. The number of aryl methyl sites for hydroxylation is 2. The first-order chi connectivity index (χ1) is 8.18. The van der Waals surface area contributed by atoms with Crippen molar-refractivity contribution in [3.63, 3.8) is 0 Å². The number of aromatic amines is 1. The number of fused-ring (bicyclic) bond motifs is 1. The predicted octanol–water partition coefficient (Wildman–Crippen LogP) is 3.49. The minimum Gasteiger partial charge on any atom is -0.389 e. The zero-order valence-electron chi connectivity index (χ0n) is 9.74. The Bertz CT molecular complexity index is 694. The lowest BCUT2D eigenvalue weighted by Crippen LogP contribution is -1.86. The average molecular weight is 243 g/mol. The van der Waals surface area contributed by atoms with Crippen LogP contribution in [0.25, 0.3) is 22.2 Å². The SMILES string of the molecule is Cc1ccc(C)c2c(-c3ncsc3N)c[nH]c12. The van der Waals surface area contributed by atoms with Crippen molar-refractivity contribution in [1.29, 1.82) is 0 Å². The van der Waals surface area contributed by atoms with Crippen LogP contribution >= 0.6 is 11.3 Å². The van der Waals surface area contributed by atoms with E-state index in [2.05, 4.69) is 35.9 Å². The Morgan fingerprint density at radius 2 is 2.00 bits per heavy atom. The first-order valence-electron chi connectivity index (χ1n) is 5.45. The van der Waals surface area contributed by atoms with E-state index >= 15 is 0 Å². The summed E-state index contributed by atoms with van der Waals surface area (Å²) in [6.45, 7) is 4.22. The van der Waals surface area contributed by atoms with E-state index in [1.54, 1.807) is 5.51 Å². The number of hydrogen-bond acceptors (Lipinski definition) is 3. The molecule has 17 heavy (non-hydrogen) atoms. The third-order valence-corrected chi connectivity index (χ3v) is 3.76. The van der Waals surface area contributed by atoms with Crippen LogP contribution in [0.15, 0.2) is 23.8 Å². The van der Waals surface area contributed by atoms with Gasteiger partial charge in [-0.3, -0.25) is 0 Å². The topological polar surface area (TPSA) is 54.7 Å². The average Bonchev–Trinajstić information content (AvgIpc) is 2.89. The fourth-order valence-electron chi connectivity index (χ4n) is 2.20. The van der Waals surface area contributed by atoms with Crippen LogP contribution in [-0.2, 0) is 0 Å². The quantitative estimate of drug-likeness (QED) is 0.687. The second kappa shape index (κ2) is 3.60. The molecule has 1 aromatic carbocycles. The summed E-state index contributed by atoms with van der Waals surface area (Å²) < 4.78 is 0. The van der Waals surface area contributed by atoms with Crippen molar-refractivity contribution in [3.05, 3.63) is 35.0 Å². The summed E-state index contributed by atoms with van der Waals surface area (Å²) >= 11 is 1.47. The molecule has 2 aromatic heterocycles. The van der Waals surface area contributed by atoms with Gasteiger partial charge < -0.3 is 10.7 Å². The Hall–Kier alpha value is -1.81. The maximum Gasteiger partial charge on any atom is 0.114 e. The van der Waals surface area contributed by atoms with Crippen LogP contribution in [0.5, 0.6) is 0 Å². The molecule has 0 aliphatic carbocycles. The zero-order chi connectivity index (χ0) is 12.0. The molecule has 3 nitrogen and oxygen atoms in total. The van der Waals surface area contributed by atoms with E-state index in [-0.39, 0.29) is 0 Å². The zero-order valence-corrected chi connectivity index (χ0v) is 10.6. The van der Waals surface area contributed by atoms with Crippen LogP contribution in [0.4, 0.5) is 5.00 Å². The number of anilines is 1. The van der Waals surface area contributed by atoms with E-state index in [9.17, 15) is 0 Å². The van der Waals surface area contributed by atoms with Gasteiger partial charge in [-0.05, 0) is 25.0 Å². The number of thiazole rings is 1. The molecule has 3 N–H and O–H groups in total. The molecule has 4 heteroatoms. The van der Waals surface area contributed by atoms with Gasteiger partial charge >= 0.3 is 0 Å². The number of aromatic nitrogens is 2. The van der Waals surface area contributed by atoms with Gasteiger partial charge in [-0.1, -0.05) is 12.1 Å². The molecule has 0 saturated carbocycles. The van der Waals surface area contributed by atoms with Gasteiger partial charge in [0.05, 0.1) is 5.51 Å². The van der Waals surface area contributed by atoms with Gasteiger partial charge in [0, 0.05) is 22.7 Å². The molecular weight excluding hydrogens is 230 g/mol. The molecule has 0 bridgehead atoms. The van der Waals surface area contributed by atoms with Crippen molar-refractivity contribution >= 4 is 27.2 Å².